The summed E-state index contributed by atoms with van der Waals surface area (Å²) in [6, 6.07) is 0. The van der Waals surface area contributed by atoms with E-state index in [2.05, 4.69) is 47.6 Å². The lowest BCUT2D eigenvalue weighted by Gasteiger charge is -2.61. The van der Waals surface area contributed by atoms with Gasteiger partial charge in [0.1, 0.15) is 5.78 Å². The lowest BCUT2D eigenvalue weighted by Crippen LogP contribution is -2.54. The normalized spacial score (nSPS) is 50.1. The van der Waals surface area contributed by atoms with Gasteiger partial charge in [0.25, 0.3) is 0 Å². The minimum absolute atomic E-state index is 0.441. The van der Waals surface area contributed by atoms with Crippen LogP contribution >= 0.6 is 0 Å². The van der Waals surface area contributed by atoms with E-state index in [9.17, 15) is 4.79 Å². The van der Waals surface area contributed by atoms with Gasteiger partial charge in [0.15, 0.2) is 0 Å². The van der Waals surface area contributed by atoms with E-state index >= 15 is 0 Å². The van der Waals surface area contributed by atoms with Crippen molar-refractivity contribution in [2.45, 2.75) is 112 Å². The Morgan fingerprint density at radius 1 is 0.967 bits per heavy atom. The summed E-state index contributed by atoms with van der Waals surface area (Å²) in [7, 11) is 0. The summed E-state index contributed by atoms with van der Waals surface area (Å²) in [4.78, 5) is 12.6. The van der Waals surface area contributed by atoms with Crippen molar-refractivity contribution >= 4 is 5.78 Å². The molecule has 4 saturated carbocycles. The smallest absolute Gasteiger partial charge is 0.133 e. The maximum atomic E-state index is 12.6. The number of hydrogen-bond acceptors (Lipinski definition) is 1. The fourth-order valence-electron chi connectivity index (χ4n) is 10.6. The topological polar surface area (TPSA) is 17.1 Å². The van der Waals surface area contributed by atoms with Crippen molar-refractivity contribution in [3.8, 4) is 0 Å². The molecule has 0 aromatic rings. The summed E-state index contributed by atoms with van der Waals surface area (Å²) in [5.41, 5.74) is 4.02. The van der Waals surface area contributed by atoms with E-state index in [0.717, 1.165) is 30.6 Å². The van der Waals surface area contributed by atoms with Gasteiger partial charge in [0.2, 0.25) is 0 Å². The maximum Gasteiger partial charge on any atom is 0.133 e. The first-order valence-electron chi connectivity index (χ1n) is 13.3. The Balaban J connectivity index is 1.39. The van der Waals surface area contributed by atoms with E-state index in [4.69, 9.17) is 0 Å². The number of fused-ring (bicyclic) bond motifs is 2. The number of Topliss-reactive ketones (excluding diaryl/α,β-unsaturated/α-hetero) is 1. The molecule has 0 radical (unpaired) electrons. The lowest BCUT2D eigenvalue weighted by atomic mass is 9.43. The summed E-state index contributed by atoms with van der Waals surface area (Å²) in [6.45, 7) is 14.6. The molecule has 0 N–H and O–H groups in total. The maximum absolute atomic E-state index is 12.6. The van der Waals surface area contributed by atoms with E-state index in [1.807, 2.05) is 0 Å². The first-order valence-corrected chi connectivity index (χ1v) is 13.3. The molecular formula is C29H46O. The van der Waals surface area contributed by atoms with Crippen LogP contribution < -0.4 is 0 Å². The van der Waals surface area contributed by atoms with Crippen LogP contribution in [0.15, 0.2) is 11.6 Å². The molecule has 0 amide bonds. The van der Waals surface area contributed by atoms with Crippen LogP contribution in [0, 0.1) is 51.2 Å². The second kappa shape index (κ2) is 6.71. The van der Waals surface area contributed by atoms with Crippen LogP contribution in [-0.2, 0) is 4.79 Å². The third-order valence-corrected chi connectivity index (χ3v) is 12.0. The fourth-order valence-corrected chi connectivity index (χ4v) is 10.6. The second-order valence-corrected chi connectivity index (χ2v) is 13.5. The molecule has 0 saturated heterocycles. The number of carbonyl (C=O) groups is 1. The quantitative estimate of drug-likeness (QED) is 0.420. The summed E-state index contributed by atoms with van der Waals surface area (Å²) in [6.07, 6.45) is 17.1. The minimum atomic E-state index is 0.441. The SMILES string of the molecule is CC1=CCC[C@]23C[C@]24CC[C@]2(C)[C@@H]([C@H](C)CC(=O)CC(C)C)CC[C@@]2(C)[C@@H]4CC[C@@H]13. The van der Waals surface area contributed by atoms with Crippen LogP contribution in [-0.4, -0.2) is 5.78 Å². The summed E-state index contributed by atoms with van der Waals surface area (Å²) >= 11 is 0. The number of hydrogen-bond donors (Lipinski definition) is 0. The fraction of sp³-hybridized carbons (Fsp3) is 0.897. The molecule has 0 bridgehead atoms. The molecule has 8 atom stereocenters. The van der Waals surface area contributed by atoms with Gasteiger partial charge >= 0.3 is 0 Å². The molecule has 1 heteroatoms. The molecule has 0 aromatic carbocycles. The summed E-state index contributed by atoms with van der Waals surface area (Å²) < 4.78 is 0. The summed E-state index contributed by atoms with van der Waals surface area (Å²) in [5.74, 6) is 4.15. The Labute approximate surface area is 185 Å². The molecule has 1 nitrogen and oxygen atoms in total. The van der Waals surface area contributed by atoms with Gasteiger partial charge in [0.05, 0.1) is 0 Å². The number of ketones is 1. The predicted molar refractivity (Wildman–Crippen MR) is 125 cm³/mol. The molecule has 5 aliphatic rings. The Morgan fingerprint density at radius 3 is 2.47 bits per heavy atom. The Morgan fingerprint density at radius 2 is 1.73 bits per heavy atom. The van der Waals surface area contributed by atoms with Crippen molar-refractivity contribution in [3.05, 3.63) is 11.6 Å². The van der Waals surface area contributed by atoms with E-state index in [1.165, 1.54) is 51.4 Å². The van der Waals surface area contributed by atoms with Crippen molar-refractivity contribution in [2.75, 3.05) is 0 Å². The molecule has 168 valence electrons. The molecule has 0 aliphatic heterocycles. The molecule has 5 aliphatic carbocycles. The van der Waals surface area contributed by atoms with Crippen LogP contribution in [0.2, 0.25) is 0 Å². The molecule has 0 heterocycles. The average Bonchev–Trinajstić information content (AvgIpc) is 3.22. The van der Waals surface area contributed by atoms with Crippen LogP contribution in [0.3, 0.4) is 0 Å². The van der Waals surface area contributed by atoms with Gasteiger partial charge in [-0.05, 0) is 116 Å². The lowest BCUT2D eigenvalue weighted by molar-refractivity contribution is -0.128. The van der Waals surface area contributed by atoms with Crippen molar-refractivity contribution < 1.29 is 4.79 Å². The van der Waals surface area contributed by atoms with Crippen molar-refractivity contribution in [1.82, 2.24) is 0 Å². The van der Waals surface area contributed by atoms with E-state index in [0.29, 0.717) is 39.3 Å². The largest absolute Gasteiger partial charge is 0.300 e. The molecule has 2 spiro atoms. The molecule has 0 unspecified atom stereocenters. The van der Waals surface area contributed by atoms with E-state index in [-0.39, 0.29) is 0 Å². The van der Waals surface area contributed by atoms with E-state index in [1.54, 1.807) is 12.0 Å². The molecule has 0 aromatic heterocycles. The number of allylic oxidation sites excluding steroid dienone is 2. The Kier molecular flexibility index (Phi) is 4.75. The van der Waals surface area contributed by atoms with E-state index < -0.39 is 0 Å². The van der Waals surface area contributed by atoms with Gasteiger partial charge in [-0.3, -0.25) is 4.79 Å². The monoisotopic (exact) mass is 410 g/mol. The van der Waals surface area contributed by atoms with Gasteiger partial charge in [-0.2, -0.15) is 0 Å². The first-order chi connectivity index (χ1) is 14.1. The molecule has 30 heavy (non-hydrogen) atoms. The van der Waals surface area contributed by atoms with Gasteiger partial charge < -0.3 is 0 Å². The molecule has 5 rings (SSSR count). The highest BCUT2D eigenvalue weighted by Crippen LogP contribution is 2.87. The second-order valence-electron chi connectivity index (χ2n) is 13.5. The van der Waals surface area contributed by atoms with Gasteiger partial charge in [-0.15, -0.1) is 0 Å². The standard InChI is InChI=1S/C29H46O/c1-19(2)16-22(30)17-21(4)23-11-13-27(6)25-10-9-24-20(3)8-7-12-28(24)18-29(25,28)15-14-26(23,27)5/h8,19,21,23-25H,7,9-18H2,1-6H3/t21-,23-,24+,25+,26-,27+,28-,29+/m1/s1. The molecule has 4 fully saturated rings. The van der Waals surface area contributed by atoms with Crippen molar-refractivity contribution in [3.63, 3.8) is 0 Å². The van der Waals surface area contributed by atoms with Crippen molar-refractivity contribution in [1.29, 1.82) is 0 Å². The van der Waals surface area contributed by atoms with Crippen LogP contribution in [0.1, 0.15) is 112 Å². The Bertz CT molecular complexity index is 762. The zero-order chi connectivity index (χ0) is 21.5. The van der Waals surface area contributed by atoms with Crippen LogP contribution in [0.4, 0.5) is 0 Å². The molecular weight excluding hydrogens is 364 g/mol. The third-order valence-electron chi connectivity index (χ3n) is 12.0. The average molecular weight is 411 g/mol. The van der Waals surface area contributed by atoms with Gasteiger partial charge in [-0.25, -0.2) is 0 Å². The summed E-state index contributed by atoms with van der Waals surface area (Å²) in [5, 5.41) is 0. The van der Waals surface area contributed by atoms with Gasteiger partial charge in [0, 0.05) is 12.8 Å². The number of rotatable bonds is 5. The Hall–Kier alpha value is -0.590. The minimum Gasteiger partial charge on any atom is -0.300 e. The van der Waals surface area contributed by atoms with Crippen molar-refractivity contribution in [2.24, 2.45) is 51.2 Å². The third kappa shape index (κ3) is 2.56. The number of carbonyl (C=O) groups excluding carboxylic acids is 1. The zero-order valence-corrected chi connectivity index (χ0v) is 20.7. The highest BCUT2D eigenvalue weighted by Gasteiger charge is 2.80. The highest BCUT2D eigenvalue weighted by atomic mass is 16.1. The highest BCUT2D eigenvalue weighted by molar-refractivity contribution is 5.78. The first kappa shape index (κ1) is 21.3. The zero-order valence-electron chi connectivity index (χ0n) is 20.7. The van der Waals surface area contributed by atoms with Gasteiger partial charge in [-0.1, -0.05) is 46.3 Å². The van der Waals surface area contributed by atoms with Crippen LogP contribution in [0.5, 0.6) is 0 Å². The predicted octanol–water partition coefficient (Wildman–Crippen LogP) is 7.99. The van der Waals surface area contributed by atoms with Crippen LogP contribution in [0.25, 0.3) is 0 Å².